The highest BCUT2D eigenvalue weighted by atomic mass is 19.1. The second-order valence-electron chi connectivity index (χ2n) is 6.59. The molecule has 0 radical (unpaired) electrons. The third-order valence-corrected chi connectivity index (χ3v) is 4.46. The van der Waals surface area contributed by atoms with E-state index in [1.165, 1.54) is 19.1 Å². The van der Waals surface area contributed by atoms with E-state index in [1.807, 2.05) is 0 Å². The number of anilines is 1. The Morgan fingerprint density at radius 3 is 2.59 bits per heavy atom. The highest BCUT2D eigenvalue weighted by Crippen LogP contribution is 2.20. The molecule has 1 aliphatic rings. The van der Waals surface area contributed by atoms with Crippen LogP contribution in [0, 0.1) is 12.7 Å². The van der Waals surface area contributed by atoms with Crippen LogP contribution in [0.3, 0.4) is 0 Å². The second-order valence-corrected chi connectivity index (χ2v) is 6.59. The fourth-order valence-corrected chi connectivity index (χ4v) is 2.46. The number of hydrogen-bond donors (Lipinski definition) is 2. The number of benzene rings is 1. The van der Waals surface area contributed by atoms with Crippen LogP contribution in [0.15, 0.2) is 18.2 Å². The van der Waals surface area contributed by atoms with Crippen LogP contribution in [0.4, 0.5) is 14.9 Å². The molecule has 2 rings (SSSR count). The summed E-state index contributed by atoms with van der Waals surface area (Å²) in [5.41, 5.74) is -0.408. The average molecular weight is 379 g/mol. The SMILES string of the molecule is CC[C@]1(C)NC(=O)N(CC(=O)O[C@@H](C)C(=O)Nc2ccc(C)c(F)c2)C1=O. The smallest absolute Gasteiger partial charge is 0.327 e. The van der Waals surface area contributed by atoms with Gasteiger partial charge in [0, 0.05) is 5.69 Å². The Morgan fingerprint density at radius 1 is 1.37 bits per heavy atom. The van der Waals surface area contributed by atoms with E-state index in [9.17, 15) is 23.6 Å². The van der Waals surface area contributed by atoms with Crippen molar-refractivity contribution >= 4 is 29.5 Å². The van der Waals surface area contributed by atoms with Crippen LogP contribution in [0.25, 0.3) is 0 Å². The number of halogens is 1. The lowest BCUT2D eigenvalue weighted by Crippen LogP contribution is -2.44. The Labute approximate surface area is 156 Å². The van der Waals surface area contributed by atoms with E-state index in [0.717, 1.165) is 11.0 Å². The molecule has 0 saturated carbocycles. The molecule has 0 spiro atoms. The lowest BCUT2D eigenvalue weighted by molar-refractivity contribution is -0.155. The second kappa shape index (κ2) is 7.73. The minimum Gasteiger partial charge on any atom is -0.451 e. The Morgan fingerprint density at radius 2 is 2.04 bits per heavy atom. The number of esters is 1. The molecule has 1 aromatic rings. The monoisotopic (exact) mass is 379 g/mol. The van der Waals surface area contributed by atoms with E-state index in [4.69, 9.17) is 4.74 Å². The summed E-state index contributed by atoms with van der Waals surface area (Å²) in [6.07, 6.45) is -0.824. The molecule has 8 nitrogen and oxygen atoms in total. The number of nitrogens with one attached hydrogen (secondary N) is 2. The van der Waals surface area contributed by atoms with Gasteiger partial charge in [-0.25, -0.2) is 9.18 Å². The highest BCUT2D eigenvalue weighted by molar-refractivity contribution is 6.08. The zero-order chi connectivity index (χ0) is 20.4. The highest BCUT2D eigenvalue weighted by Gasteiger charge is 2.47. The van der Waals surface area contributed by atoms with E-state index in [-0.39, 0.29) is 5.69 Å². The van der Waals surface area contributed by atoms with Crippen molar-refractivity contribution < 1.29 is 28.3 Å². The minimum atomic E-state index is -1.19. The molecule has 0 unspecified atom stereocenters. The number of aryl methyl sites for hydroxylation is 1. The maximum atomic E-state index is 13.5. The Kier molecular flexibility index (Phi) is 5.82. The largest absolute Gasteiger partial charge is 0.451 e. The lowest BCUT2D eigenvalue weighted by Gasteiger charge is -2.19. The molecule has 1 saturated heterocycles. The molecule has 1 aliphatic heterocycles. The fourth-order valence-electron chi connectivity index (χ4n) is 2.46. The molecule has 0 bridgehead atoms. The van der Waals surface area contributed by atoms with Crippen molar-refractivity contribution in [1.82, 2.24) is 10.2 Å². The summed E-state index contributed by atoms with van der Waals surface area (Å²) in [5.74, 6) is -2.58. The van der Waals surface area contributed by atoms with Gasteiger partial charge in [0.25, 0.3) is 11.8 Å². The summed E-state index contributed by atoms with van der Waals surface area (Å²) in [5, 5.41) is 4.95. The first-order valence-corrected chi connectivity index (χ1v) is 8.48. The van der Waals surface area contributed by atoms with Crippen LogP contribution >= 0.6 is 0 Å². The van der Waals surface area contributed by atoms with Crippen LogP contribution < -0.4 is 10.6 Å². The number of carbonyl (C=O) groups excluding carboxylic acids is 4. The van der Waals surface area contributed by atoms with Crippen molar-refractivity contribution in [2.75, 3.05) is 11.9 Å². The molecule has 2 atom stereocenters. The van der Waals surface area contributed by atoms with E-state index < -0.39 is 47.8 Å². The molecule has 0 aliphatic carbocycles. The third kappa shape index (κ3) is 4.42. The number of nitrogens with zero attached hydrogens (tertiary/aromatic N) is 1. The number of carbonyl (C=O) groups is 4. The van der Waals surface area contributed by atoms with Crippen LogP contribution in [-0.4, -0.2) is 46.9 Å². The number of urea groups is 1. The van der Waals surface area contributed by atoms with Gasteiger partial charge in [0.15, 0.2) is 6.10 Å². The molecule has 1 heterocycles. The Balaban J connectivity index is 1.93. The van der Waals surface area contributed by atoms with Crippen molar-refractivity contribution in [3.05, 3.63) is 29.6 Å². The third-order valence-electron chi connectivity index (χ3n) is 4.46. The van der Waals surface area contributed by atoms with E-state index in [1.54, 1.807) is 20.8 Å². The van der Waals surface area contributed by atoms with Gasteiger partial charge in [0.05, 0.1) is 0 Å². The Hall–Kier alpha value is -2.97. The van der Waals surface area contributed by atoms with Gasteiger partial charge in [-0.05, 0) is 44.9 Å². The Bertz CT molecular complexity index is 797. The first-order chi connectivity index (χ1) is 12.6. The molecule has 27 heavy (non-hydrogen) atoms. The summed E-state index contributed by atoms with van der Waals surface area (Å²) in [6, 6.07) is 3.49. The number of imide groups is 1. The normalized spacial score (nSPS) is 20.3. The summed E-state index contributed by atoms with van der Waals surface area (Å²) >= 11 is 0. The van der Waals surface area contributed by atoms with Gasteiger partial charge in [-0.15, -0.1) is 0 Å². The van der Waals surface area contributed by atoms with E-state index >= 15 is 0 Å². The van der Waals surface area contributed by atoms with Gasteiger partial charge in [0.1, 0.15) is 17.9 Å². The number of ether oxygens (including phenoxy) is 1. The van der Waals surface area contributed by atoms with Crippen molar-refractivity contribution in [3.8, 4) is 0 Å². The zero-order valence-electron chi connectivity index (χ0n) is 15.6. The minimum absolute atomic E-state index is 0.221. The predicted molar refractivity (Wildman–Crippen MR) is 94.3 cm³/mol. The first kappa shape index (κ1) is 20.3. The topological polar surface area (TPSA) is 105 Å². The summed E-state index contributed by atoms with van der Waals surface area (Å²) < 4.78 is 18.5. The summed E-state index contributed by atoms with van der Waals surface area (Å²) in [6.45, 7) is 5.62. The van der Waals surface area contributed by atoms with Gasteiger partial charge in [0.2, 0.25) is 0 Å². The molecular weight excluding hydrogens is 357 g/mol. The van der Waals surface area contributed by atoms with Crippen LogP contribution in [0.5, 0.6) is 0 Å². The van der Waals surface area contributed by atoms with Crippen LogP contribution in [-0.2, 0) is 19.1 Å². The molecule has 1 aromatic carbocycles. The molecule has 146 valence electrons. The lowest BCUT2D eigenvalue weighted by atomic mass is 9.99. The van der Waals surface area contributed by atoms with Crippen LogP contribution in [0.2, 0.25) is 0 Å². The van der Waals surface area contributed by atoms with Gasteiger partial charge >= 0.3 is 12.0 Å². The standard InChI is InChI=1S/C18H22FN3O5/c1-5-18(4)16(25)22(17(26)21-18)9-14(23)27-11(3)15(24)20-12-7-6-10(2)13(19)8-12/h6-8,11H,5,9H2,1-4H3,(H,20,24)(H,21,26)/t11-,18-/m0/s1. The van der Waals surface area contributed by atoms with Gasteiger partial charge in [-0.1, -0.05) is 13.0 Å². The maximum absolute atomic E-state index is 13.5. The molecule has 9 heteroatoms. The van der Waals surface area contributed by atoms with Gasteiger partial charge in [-0.2, -0.15) is 0 Å². The van der Waals surface area contributed by atoms with Crippen molar-refractivity contribution in [3.63, 3.8) is 0 Å². The average Bonchev–Trinajstić information content (AvgIpc) is 2.82. The van der Waals surface area contributed by atoms with Gasteiger partial charge < -0.3 is 15.4 Å². The molecule has 1 fully saturated rings. The number of amides is 4. The number of rotatable bonds is 6. The molecular formula is C18H22FN3O5. The first-order valence-electron chi connectivity index (χ1n) is 8.48. The quantitative estimate of drug-likeness (QED) is 0.578. The molecule has 2 N–H and O–H groups in total. The van der Waals surface area contributed by atoms with Crippen molar-refractivity contribution in [1.29, 1.82) is 0 Å². The molecule has 4 amide bonds. The summed E-state index contributed by atoms with van der Waals surface area (Å²) in [7, 11) is 0. The zero-order valence-corrected chi connectivity index (χ0v) is 15.6. The van der Waals surface area contributed by atoms with Gasteiger partial charge in [-0.3, -0.25) is 19.3 Å². The predicted octanol–water partition coefficient (Wildman–Crippen LogP) is 1.72. The van der Waals surface area contributed by atoms with Crippen molar-refractivity contribution in [2.24, 2.45) is 0 Å². The summed E-state index contributed by atoms with van der Waals surface area (Å²) in [4.78, 5) is 49.0. The maximum Gasteiger partial charge on any atom is 0.327 e. The van der Waals surface area contributed by atoms with Crippen molar-refractivity contribution in [2.45, 2.75) is 45.8 Å². The molecule has 0 aromatic heterocycles. The fraction of sp³-hybridized carbons (Fsp3) is 0.444. The number of hydrogen-bond acceptors (Lipinski definition) is 5. The van der Waals surface area contributed by atoms with E-state index in [2.05, 4.69) is 10.6 Å². The van der Waals surface area contributed by atoms with E-state index in [0.29, 0.717) is 12.0 Å². The van der Waals surface area contributed by atoms with Crippen LogP contribution in [0.1, 0.15) is 32.8 Å².